The van der Waals surface area contributed by atoms with Crippen LogP contribution in [0.15, 0.2) is 34.8 Å². The lowest BCUT2D eigenvalue weighted by molar-refractivity contribution is -0.135. The number of aliphatic imine (C=N–C) groups is 1. The van der Waals surface area contributed by atoms with E-state index in [9.17, 15) is 9.90 Å². The minimum Gasteiger partial charge on any atom is -0.506 e. The third kappa shape index (κ3) is 2.96. The first-order valence-electron chi connectivity index (χ1n) is 5.94. The predicted molar refractivity (Wildman–Crippen MR) is 74.6 cm³/mol. The van der Waals surface area contributed by atoms with Crippen molar-refractivity contribution in [2.75, 3.05) is 13.7 Å². The zero-order valence-electron chi connectivity index (χ0n) is 10.5. The molecule has 1 aliphatic heterocycles. The molecule has 0 saturated carbocycles. The largest absolute Gasteiger partial charge is 0.506 e. The molecule has 0 radical (unpaired) electrons. The molecule has 0 aliphatic carbocycles. The van der Waals surface area contributed by atoms with Crippen LogP contribution in [0, 0.1) is 0 Å². The van der Waals surface area contributed by atoms with Crippen molar-refractivity contribution in [3.8, 4) is 0 Å². The van der Waals surface area contributed by atoms with Crippen LogP contribution in [0.1, 0.15) is 18.4 Å². The van der Waals surface area contributed by atoms with E-state index in [4.69, 9.17) is 16.3 Å². The van der Waals surface area contributed by atoms with E-state index in [1.165, 1.54) is 7.11 Å². The maximum atomic E-state index is 11.8. The minimum absolute atomic E-state index is 0.121. The number of hydrogen-bond acceptors (Lipinski definition) is 4. The number of hydrogen-bond donors (Lipinski definition) is 1. The van der Waals surface area contributed by atoms with Gasteiger partial charge in [0.15, 0.2) is 0 Å². The highest BCUT2D eigenvalue weighted by Crippen LogP contribution is 2.23. The second-order valence-electron chi connectivity index (χ2n) is 4.15. The van der Waals surface area contributed by atoms with Crippen molar-refractivity contribution in [3.63, 3.8) is 0 Å². The summed E-state index contributed by atoms with van der Waals surface area (Å²) >= 11 is 5.80. The number of ether oxygens (including phenoxy) is 1. The van der Waals surface area contributed by atoms with E-state index >= 15 is 0 Å². The lowest BCUT2D eigenvalue weighted by atomic mass is 10.0. The molecule has 100 valence electrons. The van der Waals surface area contributed by atoms with Gasteiger partial charge in [0.2, 0.25) is 0 Å². The van der Waals surface area contributed by atoms with Crippen LogP contribution in [0.4, 0.5) is 0 Å². The lowest BCUT2D eigenvalue weighted by Crippen LogP contribution is -2.15. The summed E-state index contributed by atoms with van der Waals surface area (Å²) in [5.41, 5.74) is 1.25. The summed E-state index contributed by atoms with van der Waals surface area (Å²) in [7, 11) is 1.28. The van der Waals surface area contributed by atoms with Crippen molar-refractivity contribution >= 4 is 29.0 Å². The molecule has 0 fully saturated rings. The van der Waals surface area contributed by atoms with Crippen molar-refractivity contribution in [1.82, 2.24) is 0 Å². The number of nitrogens with zero attached hydrogens (tertiary/aromatic N) is 1. The molecular weight excluding hydrogens is 266 g/mol. The summed E-state index contributed by atoms with van der Waals surface area (Å²) in [6, 6.07) is 6.60. The average Bonchev–Trinajstić information content (AvgIpc) is 2.93. The molecule has 1 heterocycles. The van der Waals surface area contributed by atoms with E-state index in [1.807, 2.05) is 0 Å². The Hall–Kier alpha value is -1.81. The third-order valence-electron chi connectivity index (χ3n) is 2.91. The lowest BCUT2D eigenvalue weighted by Gasteiger charge is -2.09. The van der Waals surface area contributed by atoms with Gasteiger partial charge < -0.3 is 9.84 Å². The van der Waals surface area contributed by atoms with Crippen LogP contribution in [0.3, 0.4) is 0 Å². The summed E-state index contributed by atoms with van der Waals surface area (Å²) in [6.07, 6.45) is 1.55. The Balaban J connectivity index is 2.47. The fourth-order valence-corrected chi connectivity index (χ4v) is 2.07. The van der Waals surface area contributed by atoms with Crippen molar-refractivity contribution in [2.24, 2.45) is 4.99 Å². The van der Waals surface area contributed by atoms with Gasteiger partial charge in [0, 0.05) is 17.1 Å². The second-order valence-corrected chi connectivity index (χ2v) is 4.59. The molecule has 2 rings (SSSR count). The first-order chi connectivity index (χ1) is 9.13. The quantitative estimate of drug-likeness (QED) is 0.526. The zero-order valence-corrected chi connectivity index (χ0v) is 11.3. The van der Waals surface area contributed by atoms with Gasteiger partial charge in [-0.25, -0.2) is 4.79 Å². The first kappa shape index (κ1) is 13.6. The highest BCUT2D eigenvalue weighted by atomic mass is 35.5. The number of aliphatic hydroxyl groups is 1. The smallest absolute Gasteiger partial charge is 0.343 e. The summed E-state index contributed by atoms with van der Waals surface area (Å²) in [5, 5.41) is 10.9. The van der Waals surface area contributed by atoms with Crippen LogP contribution in [0.25, 0.3) is 5.76 Å². The third-order valence-corrected chi connectivity index (χ3v) is 3.16. The fourth-order valence-electron chi connectivity index (χ4n) is 1.95. The van der Waals surface area contributed by atoms with E-state index in [-0.39, 0.29) is 11.3 Å². The summed E-state index contributed by atoms with van der Waals surface area (Å²) in [4.78, 5) is 16.1. The van der Waals surface area contributed by atoms with Crippen LogP contribution in [0.5, 0.6) is 0 Å². The van der Waals surface area contributed by atoms with Gasteiger partial charge in [-0.15, -0.1) is 0 Å². The Morgan fingerprint density at radius 3 is 2.58 bits per heavy atom. The van der Waals surface area contributed by atoms with Gasteiger partial charge in [-0.2, -0.15) is 0 Å². The Morgan fingerprint density at radius 1 is 1.37 bits per heavy atom. The average molecular weight is 280 g/mol. The van der Waals surface area contributed by atoms with Crippen molar-refractivity contribution in [2.45, 2.75) is 12.8 Å². The van der Waals surface area contributed by atoms with Gasteiger partial charge >= 0.3 is 5.97 Å². The van der Waals surface area contributed by atoms with Gasteiger partial charge in [-0.05, 0) is 37.1 Å². The Kier molecular flexibility index (Phi) is 4.22. The number of methoxy groups -OCH3 is 1. The number of carbonyl (C=O) groups is 1. The molecule has 0 saturated heterocycles. The Labute approximate surface area is 116 Å². The highest BCUT2D eigenvalue weighted by molar-refractivity contribution is 6.30. The van der Waals surface area contributed by atoms with Gasteiger partial charge in [0.05, 0.1) is 12.8 Å². The second kappa shape index (κ2) is 5.89. The van der Waals surface area contributed by atoms with E-state index in [2.05, 4.69) is 4.99 Å². The number of benzene rings is 1. The molecule has 19 heavy (non-hydrogen) atoms. The van der Waals surface area contributed by atoms with Crippen LogP contribution >= 0.6 is 11.6 Å². The number of aliphatic hydroxyl groups excluding tert-OH is 1. The summed E-state index contributed by atoms with van der Waals surface area (Å²) < 4.78 is 4.73. The number of rotatable bonds is 3. The molecule has 0 amide bonds. The summed E-state index contributed by atoms with van der Waals surface area (Å²) in [5.74, 6) is -0.697. The minimum atomic E-state index is -0.576. The van der Waals surface area contributed by atoms with Gasteiger partial charge in [0.1, 0.15) is 11.3 Å². The molecule has 1 aliphatic rings. The monoisotopic (exact) mass is 279 g/mol. The molecule has 5 heteroatoms. The molecule has 0 aromatic heterocycles. The molecule has 1 aromatic rings. The van der Waals surface area contributed by atoms with E-state index in [0.717, 1.165) is 6.42 Å². The molecule has 1 N–H and O–H groups in total. The Morgan fingerprint density at radius 2 is 2.05 bits per heavy atom. The molecule has 0 bridgehead atoms. The van der Waals surface area contributed by atoms with E-state index in [1.54, 1.807) is 24.3 Å². The molecule has 0 unspecified atom stereocenters. The maximum absolute atomic E-state index is 11.8. The van der Waals surface area contributed by atoms with Crippen molar-refractivity contribution < 1.29 is 14.6 Å². The number of halogens is 1. The van der Waals surface area contributed by atoms with Gasteiger partial charge in [-0.3, -0.25) is 4.99 Å². The summed E-state index contributed by atoms with van der Waals surface area (Å²) in [6.45, 7) is 0.670. The molecule has 1 aromatic carbocycles. The maximum Gasteiger partial charge on any atom is 0.343 e. The standard InChI is InChI=1S/C14H14ClNO3/c1-19-14(18)12(11-3-2-8-16-11)13(17)9-4-6-10(15)7-5-9/h4-7,17H,2-3,8H2,1H3/b13-12+. The van der Waals surface area contributed by atoms with Gasteiger partial charge in [-0.1, -0.05) is 11.6 Å². The van der Waals surface area contributed by atoms with Crippen LogP contribution in [0.2, 0.25) is 5.02 Å². The molecule has 4 nitrogen and oxygen atoms in total. The Bertz CT molecular complexity index is 546. The zero-order chi connectivity index (χ0) is 13.8. The number of carbonyl (C=O) groups excluding carboxylic acids is 1. The van der Waals surface area contributed by atoms with Crippen LogP contribution in [-0.2, 0) is 9.53 Å². The van der Waals surface area contributed by atoms with Crippen molar-refractivity contribution in [3.05, 3.63) is 40.4 Å². The first-order valence-corrected chi connectivity index (χ1v) is 6.32. The molecule has 0 atom stereocenters. The topological polar surface area (TPSA) is 58.9 Å². The number of esters is 1. The fraction of sp³-hybridized carbons (Fsp3) is 0.286. The SMILES string of the molecule is COC(=O)/C(C1=NCCC1)=C(/O)c1ccc(Cl)cc1. The van der Waals surface area contributed by atoms with E-state index in [0.29, 0.717) is 29.3 Å². The molecule has 0 spiro atoms. The normalized spacial score (nSPS) is 15.8. The van der Waals surface area contributed by atoms with E-state index < -0.39 is 5.97 Å². The highest BCUT2D eigenvalue weighted by Gasteiger charge is 2.24. The van der Waals surface area contributed by atoms with Crippen LogP contribution in [-0.4, -0.2) is 30.4 Å². The molecular formula is C14H14ClNO3. The van der Waals surface area contributed by atoms with Gasteiger partial charge in [0.25, 0.3) is 0 Å². The predicted octanol–water partition coefficient (Wildman–Crippen LogP) is 3.02. The van der Waals surface area contributed by atoms with Crippen LogP contribution < -0.4 is 0 Å². The van der Waals surface area contributed by atoms with Crippen molar-refractivity contribution in [1.29, 1.82) is 0 Å².